The van der Waals surface area contributed by atoms with E-state index >= 15 is 0 Å². The molecular formula is C14H29N3O2. The van der Waals surface area contributed by atoms with Crippen LogP contribution in [-0.4, -0.2) is 73.2 Å². The molecule has 1 heterocycles. The standard InChI is InChI=1S/C14H29N3O2/c1-14(15-2,13(18)19)8-6-10-17-9-5-7-12(17)11-16(3)4/h12,15H,5-11H2,1-4H3,(H,18,19). The minimum Gasteiger partial charge on any atom is -0.480 e. The molecule has 1 rings (SSSR count). The van der Waals surface area contributed by atoms with Crippen LogP contribution in [0.2, 0.25) is 0 Å². The Balaban J connectivity index is 2.37. The molecule has 1 aliphatic rings. The molecule has 1 fully saturated rings. The van der Waals surface area contributed by atoms with Gasteiger partial charge in [-0.3, -0.25) is 9.69 Å². The van der Waals surface area contributed by atoms with E-state index in [2.05, 4.69) is 29.2 Å². The molecule has 1 saturated heterocycles. The summed E-state index contributed by atoms with van der Waals surface area (Å²) in [7, 11) is 5.94. The Labute approximate surface area is 117 Å². The minimum atomic E-state index is -0.795. The lowest BCUT2D eigenvalue weighted by molar-refractivity contribution is -0.144. The largest absolute Gasteiger partial charge is 0.480 e. The predicted molar refractivity (Wildman–Crippen MR) is 77.5 cm³/mol. The lowest BCUT2D eigenvalue weighted by Gasteiger charge is -2.29. The molecule has 0 aromatic carbocycles. The molecule has 0 aliphatic carbocycles. The van der Waals surface area contributed by atoms with Crippen molar-refractivity contribution in [3.63, 3.8) is 0 Å². The van der Waals surface area contributed by atoms with E-state index in [1.165, 1.54) is 12.8 Å². The van der Waals surface area contributed by atoms with E-state index in [1.54, 1.807) is 14.0 Å². The average molecular weight is 271 g/mol. The van der Waals surface area contributed by atoms with Gasteiger partial charge in [-0.1, -0.05) is 0 Å². The summed E-state index contributed by atoms with van der Waals surface area (Å²) in [6.07, 6.45) is 4.12. The maximum absolute atomic E-state index is 11.2. The molecule has 5 heteroatoms. The van der Waals surface area contributed by atoms with Gasteiger partial charge in [0, 0.05) is 12.6 Å². The van der Waals surface area contributed by atoms with E-state index in [9.17, 15) is 9.90 Å². The number of hydrogen-bond donors (Lipinski definition) is 2. The average Bonchev–Trinajstić information content (AvgIpc) is 2.75. The molecule has 0 radical (unpaired) electrons. The smallest absolute Gasteiger partial charge is 0.323 e. The third kappa shape index (κ3) is 4.75. The molecular weight excluding hydrogens is 242 g/mol. The van der Waals surface area contributed by atoms with Crippen LogP contribution in [0.4, 0.5) is 0 Å². The van der Waals surface area contributed by atoms with E-state index in [-0.39, 0.29) is 0 Å². The number of nitrogens with one attached hydrogen (secondary N) is 1. The van der Waals surface area contributed by atoms with Gasteiger partial charge in [-0.05, 0) is 66.8 Å². The maximum Gasteiger partial charge on any atom is 0.323 e. The SMILES string of the molecule is CNC(C)(CCCN1CCCC1CN(C)C)C(=O)O. The number of rotatable bonds is 8. The minimum absolute atomic E-state index is 0.640. The highest BCUT2D eigenvalue weighted by Crippen LogP contribution is 2.20. The van der Waals surface area contributed by atoms with Crippen LogP contribution in [0.25, 0.3) is 0 Å². The quantitative estimate of drug-likeness (QED) is 0.685. The zero-order valence-electron chi connectivity index (χ0n) is 12.8. The number of likely N-dealkylation sites (tertiary alicyclic amines) is 1. The van der Waals surface area contributed by atoms with Crippen molar-refractivity contribution in [2.75, 3.05) is 40.8 Å². The van der Waals surface area contributed by atoms with Crippen molar-refractivity contribution >= 4 is 5.97 Å². The highest BCUT2D eigenvalue weighted by Gasteiger charge is 2.31. The van der Waals surface area contributed by atoms with Gasteiger partial charge in [-0.15, -0.1) is 0 Å². The Kier molecular flexibility index (Phi) is 6.23. The third-order valence-corrected chi connectivity index (χ3v) is 4.22. The zero-order valence-corrected chi connectivity index (χ0v) is 12.8. The Morgan fingerprint density at radius 1 is 1.53 bits per heavy atom. The molecule has 0 amide bonds. The van der Waals surface area contributed by atoms with Gasteiger partial charge in [-0.2, -0.15) is 0 Å². The molecule has 5 nitrogen and oxygen atoms in total. The lowest BCUT2D eigenvalue weighted by Crippen LogP contribution is -2.48. The number of hydrogen-bond acceptors (Lipinski definition) is 4. The van der Waals surface area contributed by atoms with Crippen molar-refractivity contribution in [1.82, 2.24) is 15.1 Å². The molecule has 0 spiro atoms. The third-order valence-electron chi connectivity index (χ3n) is 4.22. The van der Waals surface area contributed by atoms with Gasteiger partial charge >= 0.3 is 5.97 Å². The Bertz CT molecular complexity index is 296. The second-order valence-corrected chi connectivity index (χ2v) is 6.09. The van der Waals surface area contributed by atoms with Crippen LogP contribution in [0, 0.1) is 0 Å². The maximum atomic E-state index is 11.2. The summed E-state index contributed by atoms with van der Waals surface area (Å²) < 4.78 is 0. The molecule has 0 aromatic heterocycles. The van der Waals surface area contributed by atoms with Gasteiger partial charge in [0.1, 0.15) is 5.54 Å². The van der Waals surface area contributed by atoms with Gasteiger partial charge in [0.2, 0.25) is 0 Å². The van der Waals surface area contributed by atoms with Crippen LogP contribution in [0.1, 0.15) is 32.6 Å². The van der Waals surface area contributed by atoms with Gasteiger partial charge in [0.05, 0.1) is 0 Å². The van der Waals surface area contributed by atoms with Crippen molar-refractivity contribution in [1.29, 1.82) is 0 Å². The predicted octanol–water partition coefficient (Wildman–Crippen LogP) is 0.855. The molecule has 1 aliphatic heterocycles. The van der Waals surface area contributed by atoms with E-state index < -0.39 is 11.5 Å². The fourth-order valence-electron chi connectivity index (χ4n) is 2.79. The molecule has 0 bridgehead atoms. The monoisotopic (exact) mass is 271 g/mol. The summed E-state index contributed by atoms with van der Waals surface area (Å²) in [5.74, 6) is -0.763. The first-order valence-electron chi connectivity index (χ1n) is 7.20. The van der Waals surface area contributed by atoms with Gasteiger partial charge < -0.3 is 15.3 Å². The van der Waals surface area contributed by atoms with Crippen LogP contribution < -0.4 is 5.32 Å². The highest BCUT2D eigenvalue weighted by atomic mass is 16.4. The fourth-order valence-corrected chi connectivity index (χ4v) is 2.79. The summed E-state index contributed by atoms with van der Waals surface area (Å²) in [4.78, 5) is 16.0. The van der Waals surface area contributed by atoms with Crippen molar-refractivity contribution in [2.24, 2.45) is 0 Å². The van der Waals surface area contributed by atoms with Crippen LogP contribution in [-0.2, 0) is 4.79 Å². The summed E-state index contributed by atoms with van der Waals surface area (Å²) in [6.45, 7) is 5.02. The number of carbonyl (C=O) groups is 1. The molecule has 112 valence electrons. The van der Waals surface area contributed by atoms with Crippen LogP contribution in [0.5, 0.6) is 0 Å². The van der Waals surface area contributed by atoms with Crippen LogP contribution >= 0.6 is 0 Å². The number of aliphatic carboxylic acids is 1. The number of carboxylic acids is 1. The topological polar surface area (TPSA) is 55.8 Å². The Hall–Kier alpha value is -0.650. The van der Waals surface area contributed by atoms with Gasteiger partial charge in [0.25, 0.3) is 0 Å². The van der Waals surface area contributed by atoms with Crippen LogP contribution in [0.15, 0.2) is 0 Å². The molecule has 2 unspecified atom stereocenters. The van der Waals surface area contributed by atoms with Crippen molar-refractivity contribution in [2.45, 2.75) is 44.2 Å². The number of carboxylic acid groups (broad SMARTS) is 1. The van der Waals surface area contributed by atoms with Crippen molar-refractivity contribution in [3.8, 4) is 0 Å². The normalized spacial score (nSPS) is 23.7. The number of likely N-dealkylation sites (N-methyl/N-ethyl adjacent to an activating group) is 2. The molecule has 19 heavy (non-hydrogen) atoms. The second kappa shape index (κ2) is 7.22. The van der Waals surface area contributed by atoms with Gasteiger partial charge in [-0.25, -0.2) is 0 Å². The lowest BCUT2D eigenvalue weighted by atomic mass is 9.96. The first kappa shape index (κ1) is 16.4. The van der Waals surface area contributed by atoms with Crippen molar-refractivity contribution < 1.29 is 9.90 Å². The summed E-state index contributed by atoms with van der Waals surface area (Å²) in [5.41, 5.74) is -0.795. The van der Waals surface area contributed by atoms with Crippen LogP contribution in [0.3, 0.4) is 0 Å². The first-order valence-corrected chi connectivity index (χ1v) is 7.20. The summed E-state index contributed by atoms with van der Waals surface area (Å²) in [5, 5.41) is 12.1. The molecule has 2 N–H and O–H groups in total. The Morgan fingerprint density at radius 2 is 2.21 bits per heavy atom. The summed E-state index contributed by atoms with van der Waals surface area (Å²) in [6, 6.07) is 0.640. The first-order chi connectivity index (χ1) is 8.89. The zero-order chi connectivity index (χ0) is 14.5. The van der Waals surface area contributed by atoms with E-state index in [1.807, 2.05) is 0 Å². The fraction of sp³-hybridized carbons (Fsp3) is 0.929. The van der Waals surface area contributed by atoms with E-state index in [0.717, 1.165) is 26.1 Å². The Morgan fingerprint density at radius 3 is 2.74 bits per heavy atom. The molecule has 0 aromatic rings. The summed E-state index contributed by atoms with van der Waals surface area (Å²) >= 11 is 0. The molecule has 2 atom stereocenters. The number of nitrogens with zero attached hydrogens (tertiary/aromatic N) is 2. The highest BCUT2D eigenvalue weighted by molar-refractivity contribution is 5.78. The van der Waals surface area contributed by atoms with Gasteiger partial charge in [0.15, 0.2) is 0 Å². The second-order valence-electron chi connectivity index (χ2n) is 6.09. The molecule has 0 saturated carbocycles. The van der Waals surface area contributed by atoms with E-state index in [0.29, 0.717) is 12.5 Å². The van der Waals surface area contributed by atoms with E-state index in [4.69, 9.17) is 0 Å². The van der Waals surface area contributed by atoms with Crippen molar-refractivity contribution in [3.05, 3.63) is 0 Å².